The molecule has 0 saturated carbocycles. The monoisotopic (exact) mass is 409 g/mol. The van der Waals surface area contributed by atoms with E-state index in [0.29, 0.717) is 44.6 Å². The van der Waals surface area contributed by atoms with Crippen LogP contribution in [0.1, 0.15) is 23.2 Å². The topological polar surface area (TPSA) is 100 Å². The number of amides is 1. The molecule has 158 valence electrons. The molecule has 8 heteroatoms. The quantitative estimate of drug-likeness (QED) is 0.690. The van der Waals surface area contributed by atoms with E-state index in [4.69, 9.17) is 10.00 Å². The number of nitriles is 1. The minimum Gasteiger partial charge on any atom is -0.469 e. The number of hydrogen-bond acceptors (Lipinski definition) is 6. The Balaban J connectivity index is 1.51. The summed E-state index contributed by atoms with van der Waals surface area (Å²) in [6.45, 7) is 2.41. The van der Waals surface area contributed by atoms with Gasteiger partial charge in [-0.3, -0.25) is 9.59 Å². The Bertz CT molecular complexity index is 916. The number of carbonyl (C=O) groups is 2. The van der Waals surface area contributed by atoms with Crippen LogP contribution in [0.5, 0.6) is 0 Å². The number of piperidine rings is 1. The molecule has 1 amide bonds. The van der Waals surface area contributed by atoms with Crippen molar-refractivity contribution in [1.82, 2.24) is 19.8 Å². The van der Waals surface area contributed by atoms with Gasteiger partial charge in [0.1, 0.15) is 0 Å². The average Bonchev–Trinajstić information content (AvgIpc) is 3.20. The molecule has 3 rings (SSSR count). The zero-order valence-corrected chi connectivity index (χ0v) is 17.4. The Morgan fingerprint density at radius 2 is 2.00 bits per heavy atom. The standard InChI is InChI=1S/C22H27N5O3/c1-26-13-18(9-19(14-26)22(29)30-2)21(28)25-8-7-20-11-24-15-27(20)12-17-5-3-16(10-23)4-6-17/h3-6,11,15,18-19H,7-9,12-14H2,1-2H3,(H,25,28)/t18-,19+/m1/s1. The Morgan fingerprint density at radius 1 is 1.27 bits per heavy atom. The SMILES string of the molecule is COC(=O)[C@H]1C[C@@H](C(=O)NCCc2cncn2Cc2ccc(C#N)cc2)CN(C)C1. The van der Waals surface area contributed by atoms with Crippen LogP contribution in [-0.4, -0.2) is 60.1 Å². The van der Waals surface area contributed by atoms with Crippen LogP contribution in [0.3, 0.4) is 0 Å². The first kappa shape index (κ1) is 21.5. The van der Waals surface area contributed by atoms with Crippen molar-refractivity contribution in [2.45, 2.75) is 19.4 Å². The zero-order valence-electron chi connectivity index (χ0n) is 17.4. The fraction of sp³-hybridized carbons (Fsp3) is 0.455. The second kappa shape index (κ2) is 10.0. The van der Waals surface area contributed by atoms with Crippen LogP contribution in [0.4, 0.5) is 0 Å². The summed E-state index contributed by atoms with van der Waals surface area (Å²) in [5, 5.41) is 11.9. The van der Waals surface area contributed by atoms with E-state index in [2.05, 4.69) is 16.4 Å². The van der Waals surface area contributed by atoms with Gasteiger partial charge in [-0.25, -0.2) is 4.98 Å². The molecule has 0 unspecified atom stereocenters. The maximum atomic E-state index is 12.6. The minimum atomic E-state index is -0.265. The van der Waals surface area contributed by atoms with Crippen molar-refractivity contribution in [3.05, 3.63) is 53.6 Å². The van der Waals surface area contributed by atoms with Crippen molar-refractivity contribution < 1.29 is 14.3 Å². The summed E-state index contributed by atoms with van der Waals surface area (Å²) in [5.74, 6) is -0.783. The number of carbonyl (C=O) groups excluding carboxylic acids is 2. The Hall–Kier alpha value is -3.18. The van der Waals surface area contributed by atoms with Crippen LogP contribution >= 0.6 is 0 Å². The Kier molecular flexibility index (Phi) is 7.20. The van der Waals surface area contributed by atoms with Crippen LogP contribution in [0.25, 0.3) is 0 Å². The van der Waals surface area contributed by atoms with Gasteiger partial charge in [0.2, 0.25) is 5.91 Å². The average molecular weight is 409 g/mol. The summed E-state index contributed by atoms with van der Waals surface area (Å²) in [6, 6.07) is 9.58. The largest absolute Gasteiger partial charge is 0.469 e. The number of benzene rings is 1. The van der Waals surface area contributed by atoms with Crippen molar-refractivity contribution >= 4 is 11.9 Å². The lowest BCUT2D eigenvalue weighted by Crippen LogP contribution is -2.47. The molecule has 1 aromatic carbocycles. The second-order valence-electron chi connectivity index (χ2n) is 7.74. The highest BCUT2D eigenvalue weighted by molar-refractivity contribution is 5.80. The molecule has 2 aromatic rings. The molecule has 1 fully saturated rings. The van der Waals surface area contributed by atoms with Gasteiger partial charge in [0.25, 0.3) is 0 Å². The third kappa shape index (κ3) is 5.45. The van der Waals surface area contributed by atoms with Crippen LogP contribution in [-0.2, 0) is 27.3 Å². The van der Waals surface area contributed by atoms with E-state index in [9.17, 15) is 9.59 Å². The fourth-order valence-corrected chi connectivity index (χ4v) is 3.89. The van der Waals surface area contributed by atoms with E-state index in [-0.39, 0.29) is 23.7 Å². The molecule has 0 aliphatic carbocycles. The molecular formula is C22H27N5O3. The lowest BCUT2D eigenvalue weighted by Gasteiger charge is -2.33. The molecule has 1 saturated heterocycles. The number of nitrogens with zero attached hydrogens (tertiary/aromatic N) is 4. The van der Waals surface area contributed by atoms with Gasteiger partial charge in [-0.1, -0.05) is 12.1 Å². The van der Waals surface area contributed by atoms with E-state index in [1.54, 1.807) is 24.7 Å². The number of nitrogens with one attached hydrogen (secondary N) is 1. The van der Waals surface area contributed by atoms with Gasteiger partial charge in [-0.2, -0.15) is 5.26 Å². The van der Waals surface area contributed by atoms with Crippen LogP contribution in [0.15, 0.2) is 36.8 Å². The summed E-state index contributed by atoms with van der Waals surface area (Å²) in [6.07, 6.45) is 4.74. The van der Waals surface area contributed by atoms with Crippen molar-refractivity contribution in [2.24, 2.45) is 11.8 Å². The van der Waals surface area contributed by atoms with Crippen molar-refractivity contribution in [3.63, 3.8) is 0 Å². The number of rotatable bonds is 7. The van der Waals surface area contributed by atoms with E-state index >= 15 is 0 Å². The van der Waals surface area contributed by atoms with Gasteiger partial charge in [-0.05, 0) is 31.2 Å². The summed E-state index contributed by atoms with van der Waals surface area (Å²) in [7, 11) is 3.30. The summed E-state index contributed by atoms with van der Waals surface area (Å²) < 4.78 is 6.89. The molecule has 0 spiro atoms. The van der Waals surface area contributed by atoms with Gasteiger partial charge in [-0.15, -0.1) is 0 Å². The number of hydrogen-bond donors (Lipinski definition) is 1. The fourth-order valence-electron chi connectivity index (χ4n) is 3.89. The molecular weight excluding hydrogens is 382 g/mol. The maximum absolute atomic E-state index is 12.6. The molecule has 1 aromatic heterocycles. The lowest BCUT2D eigenvalue weighted by molar-refractivity contribution is -0.148. The zero-order chi connectivity index (χ0) is 21.5. The number of esters is 1. The number of imidazole rings is 1. The molecule has 1 aliphatic heterocycles. The van der Waals surface area contributed by atoms with E-state index in [1.807, 2.05) is 28.6 Å². The van der Waals surface area contributed by atoms with Gasteiger partial charge >= 0.3 is 5.97 Å². The van der Waals surface area contributed by atoms with Crippen LogP contribution < -0.4 is 5.32 Å². The second-order valence-corrected chi connectivity index (χ2v) is 7.74. The molecule has 30 heavy (non-hydrogen) atoms. The van der Waals surface area contributed by atoms with Gasteiger partial charge in [0.05, 0.1) is 36.9 Å². The van der Waals surface area contributed by atoms with Crippen LogP contribution in [0.2, 0.25) is 0 Å². The number of aromatic nitrogens is 2. The Morgan fingerprint density at radius 3 is 2.70 bits per heavy atom. The summed E-state index contributed by atoms with van der Waals surface area (Å²) >= 11 is 0. The minimum absolute atomic E-state index is 0.0337. The molecule has 2 heterocycles. The first-order chi connectivity index (χ1) is 14.5. The third-order valence-corrected chi connectivity index (χ3v) is 5.45. The van der Waals surface area contributed by atoms with Crippen molar-refractivity contribution in [3.8, 4) is 6.07 Å². The third-order valence-electron chi connectivity index (χ3n) is 5.45. The van der Waals surface area contributed by atoms with E-state index in [1.165, 1.54) is 7.11 Å². The first-order valence-corrected chi connectivity index (χ1v) is 10.0. The predicted molar refractivity (Wildman–Crippen MR) is 110 cm³/mol. The van der Waals surface area contributed by atoms with Gasteiger partial charge < -0.3 is 19.5 Å². The highest BCUT2D eigenvalue weighted by Gasteiger charge is 2.34. The number of ether oxygens (including phenoxy) is 1. The summed E-state index contributed by atoms with van der Waals surface area (Å²) in [4.78, 5) is 30.7. The predicted octanol–water partition coefficient (Wildman–Crippen LogP) is 1.20. The van der Waals surface area contributed by atoms with E-state index in [0.717, 1.165) is 11.3 Å². The summed E-state index contributed by atoms with van der Waals surface area (Å²) in [5.41, 5.74) is 2.74. The van der Waals surface area contributed by atoms with Gasteiger partial charge in [0, 0.05) is 44.5 Å². The molecule has 0 radical (unpaired) electrons. The van der Waals surface area contributed by atoms with Crippen molar-refractivity contribution in [2.75, 3.05) is 33.8 Å². The molecule has 2 atom stereocenters. The highest BCUT2D eigenvalue weighted by Crippen LogP contribution is 2.22. The highest BCUT2D eigenvalue weighted by atomic mass is 16.5. The number of likely N-dealkylation sites (tertiary alicyclic amines) is 1. The lowest BCUT2D eigenvalue weighted by atomic mass is 9.89. The Labute approximate surface area is 176 Å². The smallest absolute Gasteiger partial charge is 0.309 e. The molecule has 1 N–H and O–H groups in total. The number of methoxy groups -OCH3 is 1. The van der Waals surface area contributed by atoms with Gasteiger partial charge in [0.15, 0.2) is 0 Å². The normalized spacial score (nSPS) is 19.1. The molecule has 1 aliphatic rings. The molecule has 0 bridgehead atoms. The molecule has 8 nitrogen and oxygen atoms in total. The van der Waals surface area contributed by atoms with E-state index < -0.39 is 0 Å². The van der Waals surface area contributed by atoms with Crippen LogP contribution in [0, 0.1) is 23.2 Å². The van der Waals surface area contributed by atoms with Crippen molar-refractivity contribution in [1.29, 1.82) is 5.26 Å². The maximum Gasteiger partial charge on any atom is 0.309 e. The first-order valence-electron chi connectivity index (χ1n) is 10.0.